The summed E-state index contributed by atoms with van der Waals surface area (Å²) in [5, 5.41) is 2.69. The zero-order chi connectivity index (χ0) is 29.8. The topological polar surface area (TPSA) is 103 Å². The fourth-order valence-electron chi connectivity index (χ4n) is 5.32. The van der Waals surface area contributed by atoms with Crippen LogP contribution in [0.4, 0.5) is 13.2 Å². The van der Waals surface area contributed by atoms with E-state index in [2.05, 4.69) is 9.46 Å². The number of alkyl halides is 2. The predicted molar refractivity (Wildman–Crippen MR) is 146 cm³/mol. The van der Waals surface area contributed by atoms with E-state index in [0.29, 0.717) is 24.2 Å². The Morgan fingerprint density at radius 3 is 2.50 bits per heavy atom. The highest BCUT2D eigenvalue weighted by atomic mass is 35.5. The first-order valence-electron chi connectivity index (χ1n) is 12.8. The van der Waals surface area contributed by atoms with Gasteiger partial charge in [0, 0.05) is 24.2 Å². The molecule has 0 radical (unpaired) electrons. The Labute approximate surface area is 236 Å². The normalized spacial score (nSPS) is 25.8. The molecule has 1 aromatic heterocycles. The lowest BCUT2D eigenvalue weighted by Gasteiger charge is -2.46. The number of carbonyl (C=O) groups excluding carboxylic acids is 2. The number of hydrogen-bond donors (Lipinski definition) is 0. The van der Waals surface area contributed by atoms with Gasteiger partial charge in [-0.1, -0.05) is 17.7 Å². The molecule has 4 rings (SSSR count). The number of fused-ring (bicyclic) bond motifs is 1. The van der Waals surface area contributed by atoms with Gasteiger partial charge < -0.3 is 4.74 Å². The van der Waals surface area contributed by atoms with E-state index in [9.17, 15) is 22.6 Å². The molecule has 40 heavy (non-hydrogen) atoms. The fraction of sp³-hybridized carbons (Fsp3) is 0.556. The average molecular weight is 601 g/mol. The summed E-state index contributed by atoms with van der Waals surface area (Å²) in [5.74, 6) is -1.82. The van der Waals surface area contributed by atoms with Crippen molar-refractivity contribution in [3.05, 3.63) is 52.1 Å². The van der Waals surface area contributed by atoms with Gasteiger partial charge in [0.2, 0.25) is 0 Å². The first-order chi connectivity index (χ1) is 18.4. The number of benzene rings is 1. The number of carbonyl (C=O) groups is 2. The van der Waals surface area contributed by atoms with Gasteiger partial charge in [0.1, 0.15) is 22.7 Å². The van der Waals surface area contributed by atoms with Crippen molar-refractivity contribution in [2.24, 2.45) is 9.36 Å². The van der Waals surface area contributed by atoms with Crippen molar-refractivity contribution in [1.29, 1.82) is 0 Å². The molecule has 3 atom stereocenters. The Kier molecular flexibility index (Phi) is 7.77. The zero-order valence-corrected chi connectivity index (χ0v) is 24.7. The van der Waals surface area contributed by atoms with Gasteiger partial charge >= 0.3 is 12.5 Å². The molecule has 0 fully saturated rings. The second-order valence-corrected chi connectivity index (χ2v) is 15.1. The van der Waals surface area contributed by atoms with Gasteiger partial charge in [0.15, 0.2) is 5.78 Å². The van der Waals surface area contributed by atoms with Crippen molar-refractivity contribution in [3.63, 3.8) is 0 Å². The van der Waals surface area contributed by atoms with Gasteiger partial charge in [-0.05, 0) is 65.7 Å². The van der Waals surface area contributed by atoms with Crippen LogP contribution in [0.3, 0.4) is 0 Å². The number of aliphatic imine (C=N–C) groups is 1. The maximum atomic E-state index is 15.5. The van der Waals surface area contributed by atoms with Crippen molar-refractivity contribution in [2.45, 2.75) is 88.5 Å². The van der Waals surface area contributed by atoms with E-state index >= 15 is 4.39 Å². The lowest BCUT2D eigenvalue weighted by Crippen LogP contribution is -2.56. The van der Waals surface area contributed by atoms with Gasteiger partial charge in [-0.15, -0.1) is 0 Å². The number of hydrogen-bond acceptors (Lipinski definition) is 7. The Morgan fingerprint density at radius 1 is 1.23 bits per heavy atom. The van der Waals surface area contributed by atoms with Crippen LogP contribution in [0.5, 0.6) is 0 Å². The molecule has 0 spiro atoms. The van der Waals surface area contributed by atoms with Crippen LogP contribution < -0.4 is 0 Å². The molecule has 218 valence electrons. The SMILES string of the molecule is CC(C)(C)OC(=O)CC1=N[C@](C)(c2cc(CC(=O)c3nn(C(F)F)cc3Cl)ccc2F)[C@@H]2CCN=[S@]2(=O)C1(C)C. The summed E-state index contributed by atoms with van der Waals surface area (Å²) < 4.78 is 65.2. The molecular formula is C27H32ClF3N4O4S. The molecule has 2 aliphatic heterocycles. The van der Waals surface area contributed by atoms with E-state index in [4.69, 9.17) is 21.3 Å². The third-order valence-electron chi connectivity index (χ3n) is 7.30. The van der Waals surface area contributed by atoms with E-state index in [0.717, 1.165) is 6.20 Å². The van der Waals surface area contributed by atoms with Gasteiger partial charge in [0.05, 0.1) is 37.4 Å². The number of ketones is 1. The van der Waals surface area contributed by atoms with E-state index in [-0.39, 0.29) is 33.8 Å². The predicted octanol–water partition coefficient (Wildman–Crippen LogP) is 5.92. The van der Waals surface area contributed by atoms with Crippen molar-refractivity contribution in [1.82, 2.24) is 9.78 Å². The molecule has 13 heteroatoms. The first-order valence-corrected chi connectivity index (χ1v) is 14.7. The molecule has 0 saturated carbocycles. The lowest BCUT2D eigenvalue weighted by molar-refractivity contribution is -0.153. The molecule has 0 bridgehead atoms. The number of halogens is 4. The highest BCUT2D eigenvalue weighted by Gasteiger charge is 2.57. The summed E-state index contributed by atoms with van der Waals surface area (Å²) in [6.07, 6.45) is 0.713. The van der Waals surface area contributed by atoms with Crippen LogP contribution in [-0.4, -0.2) is 53.6 Å². The minimum absolute atomic E-state index is 0.0917. The van der Waals surface area contributed by atoms with Crippen LogP contribution in [0.1, 0.15) is 82.5 Å². The molecule has 0 N–H and O–H groups in total. The third kappa shape index (κ3) is 5.32. The lowest BCUT2D eigenvalue weighted by atomic mass is 9.84. The number of rotatable bonds is 7. The molecule has 2 aliphatic rings. The van der Waals surface area contributed by atoms with Crippen LogP contribution in [-0.2, 0) is 31.2 Å². The smallest absolute Gasteiger partial charge is 0.333 e. The van der Waals surface area contributed by atoms with Gasteiger partial charge in [0.25, 0.3) is 0 Å². The van der Waals surface area contributed by atoms with E-state index in [1.807, 2.05) is 0 Å². The van der Waals surface area contributed by atoms with Gasteiger partial charge in [-0.25, -0.2) is 17.6 Å². The van der Waals surface area contributed by atoms with Crippen molar-refractivity contribution < 1.29 is 31.7 Å². The third-order valence-corrected chi connectivity index (χ3v) is 11.3. The molecule has 0 unspecified atom stereocenters. The standard InChI is InChI=1S/C27H32ClF3N4O4S/c1-25(2,3)39-22(37)13-20-26(4,5)40(38)21(9-10-32-40)27(6,33-20)16-11-15(7-8-18(16)29)12-19(36)23-17(28)14-35(34-23)24(30)31/h7-8,11,14,21,24H,9-10,12-13H2,1-6H3/t21-,27+,40+/m0/s1. The van der Waals surface area contributed by atoms with Crippen molar-refractivity contribution in [3.8, 4) is 0 Å². The molecule has 0 saturated heterocycles. The largest absolute Gasteiger partial charge is 0.460 e. The van der Waals surface area contributed by atoms with Crippen LogP contribution in [0, 0.1) is 5.82 Å². The Hall–Kier alpha value is -2.73. The Morgan fingerprint density at radius 2 is 1.90 bits per heavy atom. The maximum absolute atomic E-state index is 15.5. The van der Waals surface area contributed by atoms with E-state index in [1.54, 1.807) is 41.5 Å². The monoisotopic (exact) mass is 600 g/mol. The number of aromatic nitrogens is 2. The van der Waals surface area contributed by atoms with E-state index in [1.165, 1.54) is 18.2 Å². The minimum atomic E-state index is -3.02. The second kappa shape index (κ2) is 10.3. The molecule has 3 heterocycles. The van der Waals surface area contributed by atoms with Gasteiger partial charge in [-0.2, -0.15) is 13.9 Å². The Bertz CT molecular complexity index is 1520. The summed E-state index contributed by atoms with van der Waals surface area (Å²) in [7, 11) is -3.02. The fourth-order valence-corrected chi connectivity index (χ4v) is 8.83. The molecule has 1 aromatic carbocycles. The highest BCUT2D eigenvalue weighted by molar-refractivity contribution is 7.96. The zero-order valence-electron chi connectivity index (χ0n) is 23.1. The Balaban J connectivity index is 1.77. The molecule has 2 aromatic rings. The van der Waals surface area contributed by atoms with Crippen LogP contribution in [0.2, 0.25) is 5.02 Å². The minimum Gasteiger partial charge on any atom is -0.460 e. The molecule has 0 aliphatic carbocycles. The number of nitrogens with zero attached hydrogens (tertiary/aromatic N) is 4. The molecule has 0 amide bonds. The first kappa shape index (κ1) is 30.2. The number of ether oxygens (including phenoxy) is 1. The van der Waals surface area contributed by atoms with Crippen LogP contribution in [0.25, 0.3) is 0 Å². The highest BCUT2D eigenvalue weighted by Crippen LogP contribution is 2.49. The summed E-state index contributed by atoms with van der Waals surface area (Å²) >= 11 is 5.96. The average Bonchev–Trinajstić information content (AvgIpc) is 3.42. The van der Waals surface area contributed by atoms with E-state index < -0.39 is 55.0 Å². The molecular weight excluding hydrogens is 569 g/mol. The van der Waals surface area contributed by atoms with Crippen LogP contribution >= 0.6 is 11.6 Å². The summed E-state index contributed by atoms with van der Waals surface area (Å²) in [5.41, 5.74) is -1.70. The number of esters is 1. The second-order valence-electron chi connectivity index (χ2n) is 11.7. The number of Topliss-reactive ketones (excluding diaryl/α,β-unsaturated/α-hetero) is 1. The van der Waals surface area contributed by atoms with Crippen molar-refractivity contribution >= 4 is 38.8 Å². The summed E-state index contributed by atoms with van der Waals surface area (Å²) in [6.45, 7) is 7.65. The van der Waals surface area contributed by atoms with Crippen molar-refractivity contribution in [2.75, 3.05) is 6.54 Å². The quantitative estimate of drug-likeness (QED) is 0.290. The summed E-state index contributed by atoms with van der Waals surface area (Å²) in [4.78, 5) is 30.6. The molecule has 8 nitrogen and oxygen atoms in total. The maximum Gasteiger partial charge on any atom is 0.333 e. The summed E-state index contributed by atoms with van der Waals surface area (Å²) in [6, 6.07) is 4.03. The van der Waals surface area contributed by atoms with Crippen LogP contribution in [0.15, 0.2) is 33.8 Å². The van der Waals surface area contributed by atoms with Gasteiger partial charge in [-0.3, -0.25) is 14.6 Å².